The maximum Gasteiger partial charge on any atom is 0.244 e. The average molecular weight is 463 g/mol. The minimum Gasteiger partial charge on any atom is -0.358 e. The first-order valence-corrected chi connectivity index (χ1v) is 12.7. The number of benzene rings is 1. The molecule has 1 amide bonds. The fourth-order valence-electron chi connectivity index (χ4n) is 5.27. The second-order valence-electron chi connectivity index (χ2n) is 9.65. The van der Waals surface area contributed by atoms with Gasteiger partial charge in [-0.15, -0.1) is 0 Å². The van der Waals surface area contributed by atoms with E-state index in [0.29, 0.717) is 6.54 Å². The van der Waals surface area contributed by atoms with Gasteiger partial charge in [-0.1, -0.05) is 31.2 Å². The van der Waals surface area contributed by atoms with E-state index in [0.717, 1.165) is 61.1 Å². The van der Waals surface area contributed by atoms with E-state index in [4.69, 9.17) is 9.97 Å². The standard InChI is InChI=1S/C25H30N6OS/c1-15-7-8-17-11-16(2)23-25(32)28-22-14-31(33-20(15)12-17)10-9-30(22)13-21-26-19-6-4-3-5-18(19)24(27-21)29-23/h5-8,12,16,22-23H,3-4,9-11,13-14H2,1-2H3,(H,28,32)(H,26,27,29). The molecule has 7 nitrogen and oxygen atoms in total. The molecule has 4 heterocycles. The van der Waals surface area contributed by atoms with Gasteiger partial charge in [0.1, 0.15) is 17.7 Å². The number of aryl methyl sites for hydroxylation is 1. The van der Waals surface area contributed by atoms with Crippen molar-refractivity contribution in [3.63, 3.8) is 0 Å². The van der Waals surface area contributed by atoms with Crippen molar-refractivity contribution in [2.24, 2.45) is 5.92 Å². The van der Waals surface area contributed by atoms with E-state index in [1.165, 1.54) is 16.0 Å². The molecule has 3 aliphatic heterocycles. The highest BCUT2D eigenvalue weighted by Gasteiger charge is 2.35. The molecule has 7 bridgehead atoms. The predicted octanol–water partition coefficient (Wildman–Crippen LogP) is 1.39. The van der Waals surface area contributed by atoms with Crippen molar-refractivity contribution in [1.82, 2.24) is 24.5 Å². The molecule has 4 aliphatic rings. The summed E-state index contributed by atoms with van der Waals surface area (Å²) in [7, 11) is 0. The largest absolute Gasteiger partial charge is 0.358 e. The molecule has 1 aromatic heterocycles. The van der Waals surface area contributed by atoms with E-state index in [2.05, 4.69) is 64.0 Å². The maximum atomic E-state index is 13.7. The number of amides is 1. The van der Waals surface area contributed by atoms with Gasteiger partial charge in [-0.25, -0.2) is 14.3 Å². The van der Waals surface area contributed by atoms with Crippen LogP contribution in [0.3, 0.4) is 0 Å². The van der Waals surface area contributed by atoms with Gasteiger partial charge in [0, 0.05) is 29.7 Å². The quantitative estimate of drug-likeness (QED) is 0.574. The van der Waals surface area contributed by atoms with Gasteiger partial charge in [0.15, 0.2) is 0 Å². The molecule has 1 fully saturated rings. The third kappa shape index (κ3) is 4.05. The number of fused-ring (bicyclic) bond motifs is 9. The van der Waals surface area contributed by atoms with Crippen LogP contribution in [0.1, 0.15) is 36.7 Å². The minimum atomic E-state index is -0.376. The fraction of sp³-hybridized carbons (Fsp3) is 0.480. The zero-order valence-corrected chi connectivity index (χ0v) is 20.0. The Morgan fingerprint density at radius 2 is 2.00 bits per heavy atom. The summed E-state index contributed by atoms with van der Waals surface area (Å²) in [5.41, 5.74) is 2.57. The van der Waals surface area contributed by atoms with Gasteiger partial charge in [-0.3, -0.25) is 9.69 Å². The number of aromatic nitrogens is 2. The van der Waals surface area contributed by atoms with Gasteiger partial charge in [0.05, 0.1) is 18.1 Å². The number of carbonyl (C=O) groups is 1. The molecule has 0 radical (unpaired) electrons. The van der Waals surface area contributed by atoms with Crippen LogP contribution in [-0.4, -0.2) is 56.9 Å². The molecule has 4 unspecified atom stereocenters. The number of carbonyl (C=O) groups excluding carboxylic acids is 1. The van der Waals surface area contributed by atoms with Crippen LogP contribution >= 0.6 is 11.9 Å². The second kappa shape index (κ2) is 8.42. The zero-order chi connectivity index (χ0) is 22.5. The topological polar surface area (TPSA) is 73.4 Å². The Morgan fingerprint density at radius 3 is 2.91 bits per heavy atom. The first-order chi connectivity index (χ1) is 16.0. The van der Waals surface area contributed by atoms with Crippen LogP contribution in [-0.2, 0) is 17.8 Å². The highest BCUT2D eigenvalue weighted by molar-refractivity contribution is 7.97. The Balaban J connectivity index is 1.50. The lowest BCUT2D eigenvalue weighted by molar-refractivity contribution is -0.125. The van der Waals surface area contributed by atoms with E-state index >= 15 is 0 Å². The van der Waals surface area contributed by atoms with Crippen molar-refractivity contribution in [2.75, 3.05) is 25.0 Å². The Labute approximate surface area is 198 Å². The Morgan fingerprint density at radius 1 is 1.12 bits per heavy atom. The molecule has 33 heavy (non-hydrogen) atoms. The van der Waals surface area contributed by atoms with Crippen LogP contribution in [0.15, 0.2) is 23.1 Å². The van der Waals surface area contributed by atoms with Gasteiger partial charge >= 0.3 is 0 Å². The lowest BCUT2D eigenvalue weighted by atomic mass is 9.92. The van der Waals surface area contributed by atoms with Crippen LogP contribution in [0.2, 0.25) is 0 Å². The first kappa shape index (κ1) is 21.1. The van der Waals surface area contributed by atoms with Gasteiger partial charge in [-0.05, 0) is 61.2 Å². The summed E-state index contributed by atoms with van der Waals surface area (Å²) in [6.07, 6.45) is 7.13. The number of piperazine rings is 1. The molecule has 1 saturated heterocycles. The fourth-order valence-corrected chi connectivity index (χ4v) is 6.36. The second-order valence-corrected chi connectivity index (χ2v) is 10.8. The number of anilines is 1. The molecule has 2 N–H and O–H groups in total. The lowest BCUT2D eigenvalue weighted by Crippen LogP contribution is -2.61. The molecule has 2 aromatic rings. The summed E-state index contributed by atoms with van der Waals surface area (Å²) in [6.45, 7) is 7.52. The first-order valence-electron chi connectivity index (χ1n) is 11.9. The molecule has 1 aromatic carbocycles. The zero-order valence-electron chi connectivity index (χ0n) is 19.2. The van der Waals surface area contributed by atoms with Gasteiger partial charge < -0.3 is 10.6 Å². The normalized spacial score (nSPS) is 28.8. The third-order valence-corrected chi connectivity index (χ3v) is 8.39. The van der Waals surface area contributed by atoms with E-state index < -0.39 is 0 Å². The monoisotopic (exact) mass is 462 g/mol. The molecule has 172 valence electrons. The Kier molecular flexibility index (Phi) is 5.39. The summed E-state index contributed by atoms with van der Waals surface area (Å²) in [5, 5.41) is 8.97. The van der Waals surface area contributed by atoms with Crippen molar-refractivity contribution < 1.29 is 4.79 Å². The third-order valence-electron chi connectivity index (χ3n) is 7.16. The van der Waals surface area contributed by atoms with Gasteiger partial charge in [0.2, 0.25) is 5.91 Å². The van der Waals surface area contributed by atoms with E-state index in [9.17, 15) is 4.79 Å². The molecule has 1 aliphatic carbocycles. The summed E-state index contributed by atoms with van der Waals surface area (Å²) in [5.74, 6) is 1.76. The van der Waals surface area contributed by atoms with E-state index in [1.807, 2.05) is 11.9 Å². The predicted molar refractivity (Wildman–Crippen MR) is 131 cm³/mol. The molecule has 0 spiro atoms. The summed E-state index contributed by atoms with van der Waals surface area (Å²) in [4.78, 5) is 27.2. The molecular weight excluding hydrogens is 432 g/mol. The number of nitrogens with zero attached hydrogens (tertiary/aromatic N) is 4. The van der Waals surface area contributed by atoms with Crippen LogP contribution in [0.25, 0.3) is 12.2 Å². The SMILES string of the molecule is Cc1ccc2cc1SN1CCN3Cc4nc(c5c(n4)=CCCC=5)NC(C(=O)NC3C1)C(C)C2. The van der Waals surface area contributed by atoms with Crippen molar-refractivity contribution >= 4 is 35.8 Å². The molecule has 8 heteroatoms. The average Bonchev–Trinajstić information content (AvgIpc) is 2.80. The van der Waals surface area contributed by atoms with Crippen LogP contribution in [0.4, 0.5) is 5.82 Å². The van der Waals surface area contributed by atoms with Crippen molar-refractivity contribution in [3.05, 3.63) is 45.7 Å². The number of hydrogen-bond acceptors (Lipinski definition) is 7. The summed E-state index contributed by atoms with van der Waals surface area (Å²) < 4.78 is 2.38. The highest BCUT2D eigenvalue weighted by Crippen LogP contribution is 2.31. The van der Waals surface area contributed by atoms with Crippen LogP contribution in [0.5, 0.6) is 0 Å². The van der Waals surface area contributed by atoms with Gasteiger partial charge in [0.25, 0.3) is 0 Å². The summed E-state index contributed by atoms with van der Waals surface area (Å²) in [6, 6.07) is 6.36. The summed E-state index contributed by atoms with van der Waals surface area (Å²) >= 11 is 1.82. The number of hydrogen-bond donors (Lipinski definition) is 2. The maximum absolute atomic E-state index is 13.7. The Bertz CT molecular complexity index is 1230. The van der Waals surface area contributed by atoms with Crippen molar-refractivity contribution in [3.8, 4) is 0 Å². The number of rotatable bonds is 0. The van der Waals surface area contributed by atoms with Crippen LogP contribution < -0.4 is 21.2 Å². The molecule has 4 atom stereocenters. The molecule has 0 saturated carbocycles. The molecular formula is C25H30N6OS. The van der Waals surface area contributed by atoms with Crippen molar-refractivity contribution in [1.29, 1.82) is 0 Å². The van der Waals surface area contributed by atoms with E-state index in [-0.39, 0.29) is 24.0 Å². The Hall–Kier alpha value is -2.42. The van der Waals surface area contributed by atoms with E-state index in [1.54, 1.807) is 0 Å². The lowest BCUT2D eigenvalue weighted by Gasteiger charge is -2.42. The van der Waals surface area contributed by atoms with Crippen LogP contribution in [0, 0.1) is 12.8 Å². The van der Waals surface area contributed by atoms with Crippen molar-refractivity contribution in [2.45, 2.75) is 56.8 Å². The number of nitrogens with one attached hydrogen (secondary N) is 2. The minimum absolute atomic E-state index is 0.0489. The molecule has 6 rings (SSSR count). The van der Waals surface area contributed by atoms with Gasteiger partial charge in [-0.2, -0.15) is 0 Å². The highest BCUT2D eigenvalue weighted by atomic mass is 32.2. The smallest absolute Gasteiger partial charge is 0.244 e.